The van der Waals surface area contributed by atoms with Crippen LogP contribution in [0.25, 0.3) is 0 Å². The summed E-state index contributed by atoms with van der Waals surface area (Å²) in [6, 6.07) is 7.84. The molecule has 1 aliphatic rings. The third-order valence-electron chi connectivity index (χ3n) is 2.72. The van der Waals surface area contributed by atoms with Crippen molar-refractivity contribution >= 4 is 0 Å². The zero-order valence-corrected chi connectivity index (χ0v) is 8.14. The van der Waals surface area contributed by atoms with Gasteiger partial charge in [0.05, 0.1) is 12.1 Å². The third-order valence-corrected chi connectivity index (χ3v) is 2.72. The van der Waals surface area contributed by atoms with Gasteiger partial charge in [-0.2, -0.15) is 0 Å². The number of aliphatic hydroxyl groups excluding tert-OH is 2. The number of aliphatic hydroxyl groups is 2. The Hall–Kier alpha value is -0.900. The van der Waals surface area contributed by atoms with Gasteiger partial charge >= 0.3 is 0 Å². The molecule has 0 aromatic heterocycles. The van der Waals surface area contributed by atoms with Gasteiger partial charge in [-0.15, -0.1) is 0 Å². The molecule has 3 atom stereocenters. The average Bonchev–Trinajstić information content (AvgIpc) is 2.50. The molecule has 0 saturated carbocycles. The maximum Gasteiger partial charge on any atom is 0.101 e. The van der Waals surface area contributed by atoms with E-state index in [-0.39, 0.29) is 6.04 Å². The number of hydrogen-bond donors (Lipinski definition) is 3. The van der Waals surface area contributed by atoms with Gasteiger partial charge in [0.15, 0.2) is 0 Å². The largest absolute Gasteiger partial charge is 0.389 e. The van der Waals surface area contributed by atoms with Crippen molar-refractivity contribution in [2.24, 2.45) is 0 Å². The second kappa shape index (κ2) is 3.69. The molecule has 1 saturated heterocycles. The van der Waals surface area contributed by atoms with E-state index in [2.05, 4.69) is 5.32 Å². The highest BCUT2D eigenvalue weighted by Gasteiger charge is 2.33. The van der Waals surface area contributed by atoms with Gasteiger partial charge in [-0.25, -0.2) is 0 Å². The van der Waals surface area contributed by atoms with Crippen molar-refractivity contribution < 1.29 is 10.2 Å². The molecule has 1 aliphatic heterocycles. The number of benzene rings is 1. The zero-order valence-electron chi connectivity index (χ0n) is 8.14. The Morgan fingerprint density at radius 2 is 1.86 bits per heavy atom. The first-order chi connectivity index (χ1) is 6.68. The van der Waals surface area contributed by atoms with E-state index in [0.29, 0.717) is 6.54 Å². The predicted molar refractivity (Wildman–Crippen MR) is 53.9 cm³/mol. The molecule has 3 nitrogen and oxygen atoms in total. The zero-order chi connectivity index (χ0) is 10.1. The SMILES string of the molecule is Cc1ccc([C@H]2NC[C@@H](O)[C@@H]2O)cc1. The molecule has 3 N–H and O–H groups in total. The molecule has 0 spiro atoms. The summed E-state index contributed by atoms with van der Waals surface area (Å²) in [4.78, 5) is 0. The molecule has 2 rings (SSSR count). The smallest absolute Gasteiger partial charge is 0.101 e. The van der Waals surface area contributed by atoms with Crippen LogP contribution in [0.1, 0.15) is 17.2 Å². The summed E-state index contributed by atoms with van der Waals surface area (Å²) < 4.78 is 0. The van der Waals surface area contributed by atoms with E-state index in [1.165, 1.54) is 5.56 Å². The topological polar surface area (TPSA) is 52.5 Å². The second-order valence-corrected chi connectivity index (χ2v) is 3.85. The van der Waals surface area contributed by atoms with Crippen molar-refractivity contribution in [3.63, 3.8) is 0 Å². The van der Waals surface area contributed by atoms with Crippen LogP contribution in [0.2, 0.25) is 0 Å². The van der Waals surface area contributed by atoms with Crippen LogP contribution in [0.3, 0.4) is 0 Å². The maximum absolute atomic E-state index is 9.67. The van der Waals surface area contributed by atoms with Crippen molar-refractivity contribution in [2.75, 3.05) is 6.54 Å². The molecular weight excluding hydrogens is 178 g/mol. The lowest BCUT2D eigenvalue weighted by atomic mass is 10.0. The van der Waals surface area contributed by atoms with Gasteiger partial charge in [0, 0.05) is 6.54 Å². The summed E-state index contributed by atoms with van der Waals surface area (Å²) >= 11 is 0. The van der Waals surface area contributed by atoms with Gasteiger partial charge in [-0.05, 0) is 12.5 Å². The lowest BCUT2D eigenvalue weighted by molar-refractivity contribution is 0.0405. The van der Waals surface area contributed by atoms with Crippen LogP contribution in [0.15, 0.2) is 24.3 Å². The van der Waals surface area contributed by atoms with Gasteiger partial charge in [0.1, 0.15) is 6.10 Å². The van der Waals surface area contributed by atoms with E-state index in [4.69, 9.17) is 0 Å². The minimum Gasteiger partial charge on any atom is -0.389 e. The highest BCUT2D eigenvalue weighted by atomic mass is 16.3. The molecule has 1 fully saturated rings. The average molecular weight is 193 g/mol. The number of nitrogens with one attached hydrogen (secondary N) is 1. The normalized spacial score (nSPS) is 32.1. The van der Waals surface area contributed by atoms with Crippen molar-refractivity contribution in [3.05, 3.63) is 35.4 Å². The molecule has 0 aliphatic carbocycles. The monoisotopic (exact) mass is 193 g/mol. The molecule has 0 radical (unpaired) electrons. The first-order valence-corrected chi connectivity index (χ1v) is 4.84. The minimum absolute atomic E-state index is 0.134. The Labute approximate surface area is 83.4 Å². The van der Waals surface area contributed by atoms with E-state index >= 15 is 0 Å². The van der Waals surface area contributed by atoms with Gasteiger partial charge < -0.3 is 15.5 Å². The van der Waals surface area contributed by atoms with E-state index in [9.17, 15) is 10.2 Å². The van der Waals surface area contributed by atoms with E-state index < -0.39 is 12.2 Å². The molecule has 14 heavy (non-hydrogen) atoms. The fourth-order valence-electron chi connectivity index (χ4n) is 1.80. The molecule has 0 bridgehead atoms. The predicted octanol–water partition coefficient (Wildman–Crippen LogP) is 0.361. The lowest BCUT2D eigenvalue weighted by Gasteiger charge is -2.16. The number of rotatable bonds is 1. The highest BCUT2D eigenvalue weighted by molar-refractivity contribution is 5.26. The highest BCUT2D eigenvalue weighted by Crippen LogP contribution is 2.23. The second-order valence-electron chi connectivity index (χ2n) is 3.85. The van der Waals surface area contributed by atoms with E-state index in [1.807, 2.05) is 31.2 Å². The fraction of sp³-hybridized carbons (Fsp3) is 0.455. The quantitative estimate of drug-likeness (QED) is 0.603. The van der Waals surface area contributed by atoms with Crippen molar-refractivity contribution in [1.82, 2.24) is 5.32 Å². The first kappa shape index (κ1) is 9.65. The molecule has 0 unspecified atom stereocenters. The van der Waals surface area contributed by atoms with Crippen LogP contribution in [0.4, 0.5) is 0 Å². The summed E-state index contributed by atoms with van der Waals surface area (Å²) in [5.74, 6) is 0. The van der Waals surface area contributed by atoms with Gasteiger partial charge in [-0.3, -0.25) is 0 Å². The molecule has 3 heteroatoms. The summed E-state index contributed by atoms with van der Waals surface area (Å²) in [5.41, 5.74) is 2.22. The van der Waals surface area contributed by atoms with Crippen molar-refractivity contribution in [1.29, 1.82) is 0 Å². The Kier molecular flexibility index (Phi) is 2.54. The summed E-state index contributed by atoms with van der Waals surface area (Å²) in [6.07, 6.45) is -1.35. The van der Waals surface area contributed by atoms with Gasteiger partial charge in [-0.1, -0.05) is 29.8 Å². The Balaban J connectivity index is 2.19. The van der Waals surface area contributed by atoms with E-state index in [1.54, 1.807) is 0 Å². The van der Waals surface area contributed by atoms with Crippen molar-refractivity contribution in [2.45, 2.75) is 25.2 Å². The summed E-state index contributed by atoms with van der Waals surface area (Å²) in [7, 11) is 0. The molecular formula is C11H15NO2. The summed E-state index contributed by atoms with van der Waals surface area (Å²) in [5, 5.41) is 22.1. The van der Waals surface area contributed by atoms with E-state index in [0.717, 1.165) is 5.56 Å². The number of hydrogen-bond acceptors (Lipinski definition) is 3. The van der Waals surface area contributed by atoms with Crippen LogP contribution in [0.5, 0.6) is 0 Å². The number of β-amino-alcohol motifs (C(OH)–C–C–N with tert-alkyl or cyclic N) is 1. The molecule has 1 aromatic rings. The van der Waals surface area contributed by atoms with Crippen LogP contribution in [-0.4, -0.2) is 29.0 Å². The van der Waals surface area contributed by atoms with Crippen LogP contribution in [0, 0.1) is 6.92 Å². The maximum atomic E-state index is 9.67. The summed E-state index contributed by atoms with van der Waals surface area (Å²) in [6.45, 7) is 2.48. The number of aryl methyl sites for hydroxylation is 1. The van der Waals surface area contributed by atoms with Crippen LogP contribution < -0.4 is 5.32 Å². The third kappa shape index (κ3) is 1.66. The van der Waals surface area contributed by atoms with Gasteiger partial charge in [0.25, 0.3) is 0 Å². The molecule has 76 valence electrons. The van der Waals surface area contributed by atoms with Crippen LogP contribution >= 0.6 is 0 Å². The standard InChI is InChI=1S/C11H15NO2/c1-7-2-4-8(5-3-7)10-11(14)9(13)6-12-10/h2-5,9-14H,6H2,1H3/t9-,10-,11+/m1/s1. The molecule has 1 heterocycles. The lowest BCUT2D eigenvalue weighted by Crippen LogP contribution is -2.25. The molecule has 1 aromatic carbocycles. The van der Waals surface area contributed by atoms with Crippen molar-refractivity contribution in [3.8, 4) is 0 Å². The fourth-order valence-corrected chi connectivity index (χ4v) is 1.80. The Morgan fingerprint density at radius 3 is 2.36 bits per heavy atom. The molecule has 0 amide bonds. The minimum atomic E-state index is -0.697. The first-order valence-electron chi connectivity index (χ1n) is 4.84. The Morgan fingerprint density at radius 1 is 1.21 bits per heavy atom. The van der Waals surface area contributed by atoms with Gasteiger partial charge in [0.2, 0.25) is 0 Å². The Bertz CT molecular complexity index is 310. The van der Waals surface area contributed by atoms with Crippen LogP contribution in [-0.2, 0) is 0 Å².